The molecule has 3 saturated heterocycles. The van der Waals surface area contributed by atoms with Gasteiger partial charge in [0, 0.05) is 161 Å². The molecule has 674 valence electrons. The van der Waals surface area contributed by atoms with Crippen molar-refractivity contribution in [3.8, 4) is 0 Å². The van der Waals surface area contributed by atoms with Crippen molar-refractivity contribution in [2.24, 2.45) is 0 Å². The lowest BCUT2D eigenvalue weighted by Gasteiger charge is -2.46. The van der Waals surface area contributed by atoms with Crippen LogP contribution in [0.1, 0.15) is 177 Å². The molecule has 3 aliphatic rings. The summed E-state index contributed by atoms with van der Waals surface area (Å²) < 4.78 is 85.9. The summed E-state index contributed by atoms with van der Waals surface area (Å²) in [5.74, 6) is -9.09. The van der Waals surface area contributed by atoms with Crippen LogP contribution in [0.5, 0.6) is 0 Å². The number of amides is 6. The van der Waals surface area contributed by atoms with E-state index < -0.39 is 189 Å². The number of benzene rings is 3. The minimum atomic E-state index is -1.36. The van der Waals surface area contributed by atoms with E-state index in [-0.39, 0.29) is 95.8 Å². The van der Waals surface area contributed by atoms with E-state index in [1.54, 1.807) is 4.90 Å². The van der Waals surface area contributed by atoms with Gasteiger partial charge in [-0.2, -0.15) is 0 Å². The minimum absolute atomic E-state index is 0.00454. The monoisotopic (exact) mass is 1720 g/mol. The molecule has 3 aromatic carbocycles. The number of carbonyl (C=O) groups is 15. The summed E-state index contributed by atoms with van der Waals surface area (Å²) in [4.78, 5) is 194. The second kappa shape index (κ2) is 52.0. The number of hydrogen-bond donors (Lipinski definition) is 5. The third kappa shape index (κ3) is 33.3. The number of ether oxygens (including phenoxy) is 15. The van der Waals surface area contributed by atoms with Crippen LogP contribution >= 0.6 is 0 Å². The lowest BCUT2D eigenvalue weighted by atomic mass is 9.75. The van der Waals surface area contributed by atoms with Gasteiger partial charge in [-0.15, -0.1) is 0 Å². The second-order valence-corrected chi connectivity index (χ2v) is 29.6. The highest BCUT2D eigenvalue weighted by atomic mass is 16.7. The topological polar surface area (TPSA) is 461 Å². The first kappa shape index (κ1) is 100. The summed E-state index contributed by atoms with van der Waals surface area (Å²) >= 11 is 0. The number of esters is 9. The fourth-order valence-electron chi connectivity index (χ4n) is 14.7. The summed E-state index contributed by atoms with van der Waals surface area (Å²) in [5.41, 5.74) is 1.86. The van der Waals surface area contributed by atoms with Gasteiger partial charge in [0.05, 0.1) is 5.54 Å². The summed E-state index contributed by atoms with van der Waals surface area (Å²) in [7, 11) is 0. The Balaban J connectivity index is 1.20. The van der Waals surface area contributed by atoms with Crippen LogP contribution in [-0.2, 0) is 149 Å². The molecule has 0 spiro atoms. The highest BCUT2D eigenvalue weighted by Gasteiger charge is 2.55. The number of nitrogens with one attached hydrogen (secondary N) is 5. The molecular formula is C85H119N7O30. The molecule has 6 amide bonds. The standard InChI is InChI=1S/C85H119N7O30/c1-52(93)88-73-79(117-61(10)102)76(114-58(7)99)67(49-111-55(4)96)120-82(73)108-46-25-22-37-70(105)86-40-28-42-91(72(107)39-24-27-48-110-84-75(90-54(3)95)81(119-63(12)104)78(116-60(9)101)69(122-84)51-113-57(6)98)43-30-45-92(85(64-31-16-13-17-32-64,65-33-18-14-19-34-65)66-35-20-15-21-36-66)44-29-41-87-71(106)38-23-26-47-109-83-74(89-53(2)94)80(118-62(11)103)77(115-59(8)100)68(121-83)50-112-56(5)97/h13-21,31-36,67-69,73-84H,22-30,37-51H2,1-12H3,(H,86,105)(H,87,106)(H,88,93)(H,89,94)(H,90,95)/t67?,68?,69?,73?,74?,75?,76-,77-,78-,79+,80+,81+,82+,83+,84+/m0/s1. The predicted octanol–water partition coefficient (Wildman–Crippen LogP) is 4.04. The average molecular weight is 1720 g/mol. The maximum absolute atomic E-state index is 14.9. The van der Waals surface area contributed by atoms with Gasteiger partial charge < -0.3 is 103 Å². The Hall–Kier alpha value is -10.6. The van der Waals surface area contributed by atoms with Crippen molar-refractivity contribution in [2.75, 3.05) is 78.9 Å². The fourth-order valence-corrected chi connectivity index (χ4v) is 14.7. The van der Waals surface area contributed by atoms with Crippen molar-refractivity contribution in [1.29, 1.82) is 0 Å². The zero-order valence-electron chi connectivity index (χ0n) is 71.4. The third-order valence-corrected chi connectivity index (χ3v) is 19.6. The summed E-state index contributed by atoms with van der Waals surface area (Å²) in [5, 5.41) is 14.1. The Morgan fingerprint density at radius 3 is 0.902 bits per heavy atom. The number of nitrogens with zero attached hydrogens (tertiary/aromatic N) is 2. The van der Waals surface area contributed by atoms with Gasteiger partial charge in [0.15, 0.2) is 55.5 Å². The van der Waals surface area contributed by atoms with E-state index in [1.165, 1.54) is 27.7 Å². The molecule has 37 nitrogen and oxygen atoms in total. The maximum atomic E-state index is 14.9. The Kier molecular flexibility index (Phi) is 42.7. The normalized spacial score (nSPS) is 22.4. The Morgan fingerprint density at radius 2 is 0.607 bits per heavy atom. The number of unbranched alkanes of at least 4 members (excludes halogenated alkanes) is 3. The first-order valence-corrected chi connectivity index (χ1v) is 41.0. The summed E-state index contributed by atoms with van der Waals surface area (Å²) in [6.07, 6.45) is -12.4. The lowest BCUT2D eigenvalue weighted by Crippen LogP contribution is -2.66. The van der Waals surface area contributed by atoms with Crippen LogP contribution in [0.3, 0.4) is 0 Å². The zero-order valence-corrected chi connectivity index (χ0v) is 71.4. The molecule has 3 aromatic rings. The molecule has 0 radical (unpaired) electrons. The number of carbonyl (C=O) groups excluding carboxylic acids is 15. The van der Waals surface area contributed by atoms with Crippen LogP contribution in [0.4, 0.5) is 0 Å². The van der Waals surface area contributed by atoms with Crippen molar-refractivity contribution >= 4 is 89.2 Å². The third-order valence-electron chi connectivity index (χ3n) is 19.6. The van der Waals surface area contributed by atoms with E-state index in [4.69, 9.17) is 71.1 Å². The molecule has 0 aromatic heterocycles. The molecule has 0 bridgehead atoms. The van der Waals surface area contributed by atoms with E-state index in [0.29, 0.717) is 58.0 Å². The van der Waals surface area contributed by atoms with E-state index in [0.717, 1.165) is 72.1 Å². The number of rotatable bonds is 49. The predicted molar refractivity (Wildman–Crippen MR) is 429 cm³/mol. The zero-order chi connectivity index (χ0) is 89.4. The van der Waals surface area contributed by atoms with Crippen LogP contribution in [0, 0.1) is 0 Å². The molecule has 122 heavy (non-hydrogen) atoms. The quantitative estimate of drug-likeness (QED) is 0.0230. The van der Waals surface area contributed by atoms with Gasteiger partial charge in [-0.25, -0.2) is 0 Å². The molecule has 6 rings (SSSR count). The molecular weight excluding hydrogens is 1600 g/mol. The van der Waals surface area contributed by atoms with E-state index in [2.05, 4.69) is 67.9 Å². The Labute approximate surface area is 709 Å². The molecule has 37 heteroatoms. The van der Waals surface area contributed by atoms with Gasteiger partial charge in [0.25, 0.3) is 0 Å². The maximum Gasteiger partial charge on any atom is 0.303 e. The molecule has 6 unspecified atom stereocenters. The molecule has 0 saturated carbocycles. The van der Waals surface area contributed by atoms with Crippen LogP contribution in [0.15, 0.2) is 91.0 Å². The van der Waals surface area contributed by atoms with Crippen LogP contribution in [-0.4, -0.2) is 270 Å². The van der Waals surface area contributed by atoms with Gasteiger partial charge in [-0.1, -0.05) is 91.0 Å². The summed E-state index contributed by atoms with van der Waals surface area (Å²) in [6, 6.07) is 26.4. The van der Waals surface area contributed by atoms with E-state index in [9.17, 15) is 71.9 Å². The van der Waals surface area contributed by atoms with Gasteiger partial charge >= 0.3 is 53.7 Å². The molecule has 3 fully saturated rings. The lowest BCUT2D eigenvalue weighted by molar-refractivity contribution is -0.277. The highest BCUT2D eigenvalue weighted by Crippen LogP contribution is 2.43. The first-order chi connectivity index (χ1) is 58.2. The molecule has 3 heterocycles. The molecule has 3 aliphatic heterocycles. The first-order valence-electron chi connectivity index (χ1n) is 41.0. The van der Waals surface area contributed by atoms with E-state index >= 15 is 0 Å². The molecule has 0 aliphatic carbocycles. The molecule has 5 N–H and O–H groups in total. The van der Waals surface area contributed by atoms with Crippen LogP contribution in [0.2, 0.25) is 0 Å². The SMILES string of the molecule is CC(=O)NC1[C@H](OCCCCC(=O)NCCCN(CCCN(CCCNC(=O)CCCCO[C@@H]2OC(COC(C)=O)[C@H](OC(C)=O)[C@H](OC(C)=O)C2NC(C)=O)C(c2ccccc2)(c2ccccc2)c2ccccc2)C(=O)CCCCO[C@@H]2OC(COC(C)=O)[C@H](OC(C)=O)[C@H](OC(C)=O)C2NC(C)=O)OC(COC(C)=O)[C@H](OC(C)=O)[C@@H]1OC(C)=O. The van der Waals surface area contributed by atoms with Gasteiger partial charge in [-0.3, -0.25) is 76.8 Å². The Bertz CT molecular complexity index is 3820. The number of hydrogen-bond acceptors (Lipinski definition) is 31. The highest BCUT2D eigenvalue weighted by molar-refractivity contribution is 5.78. The second-order valence-electron chi connectivity index (χ2n) is 29.6. The fraction of sp³-hybridized carbons (Fsp3) is 0.612. The minimum Gasteiger partial charge on any atom is -0.463 e. The van der Waals surface area contributed by atoms with Crippen molar-refractivity contribution < 1.29 is 143 Å². The van der Waals surface area contributed by atoms with Gasteiger partial charge in [-0.05, 0) is 74.5 Å². The van der Waals surface area contributed by atoms with Crippen LogP contribution < -0.4 is 26.6 Å². The van der Waals surface area contributed by atoms with Crippen LogP contribution in [0.25, 0.3) is 0 Å². The summed E-state index contributed by atoms with van der Waals surface area (Å²) in [6.45, 7) is 14.2. The largest absolute Gasteiger partial charge is 0.463 e. The van der Waals surface area contributed by atoms with Crippen molar-refractivity contribution in [3.63, 3.8) is 0 Å². The van der Waals surface area contributed by atoms with E-state index in [1.807, 2.05) is 54.6 Å². The van der Waals surface area contributed by atoms with Gasteiger partial charge in [0.2, 0.25) is 35.4 Å². The van der Waals surface area contributed by atoms with Crippen molar-refractivity contribution in [1.82, 2.24) is 36.4 Å². The van der Waals surface area contributed by atoms with Gasteiger partial charge in [0.1, 0.15) is 56.3 Å². The average Bonchev–Trinajstić information content (AvgIpc) is 0.755. The smallest absolute Gasteiger partial charge is 0.303 e. The van der Waals surface area contributed by atoms with Crippen molar-refractivity contribution in [2.45, 2.75) is 258 Å². The Morgan fingerprint density at radius 1 is 0.328 bits per heavy atom. The molecule has 15 atom stereocenters. The van der Waals surface area contributed by atoms with Crippen molar-refractivity contribution in [3.05, 3.63) is 108 Å².